The van der Waals surface area contributed by atoms with Crippen molar-refractivity contribution in [2.75, 3.05) is 0 Å². The Morgan fingerprint density at radius 1 is 0.900 bits per heavy atom. The molecule has 0 spiro atoms. The Balaban J connectivity index is 2.06. The second-order valence-electron chi connectivity index (χ2n) is 4.04. The maximum Gasteiger partial charge on any atom is 0.203 e. The predicted octanol–water partition coefficient (Wildman–Crippen LogP) is 3.01. The van der Waals surface area contributed by atoms with Gasteiger partial charge in [-0.25, -0.2) is 15.0 Å². The summed E-state index contributed by atoms with van der Waals surface area (Å²) < 4.78 is 1.98. The molecule has 0 saturated heterocycles. The average molecular weight is 300 g/mol. The number of pyridine rings is 1. The first-order valence-electron chi connectivity index (χ1n) is 6.04. The minimum atomic E-state index is 0.711. The smallest absolute Gasteiger partial charge is 0.203 e. The van der Waals surface area contributed by atoms with Gasteiger partial charge in [-0.1, -0.05) is 24.3 Å². The first-order chi connectivity index (χ1) is 9.83. The van der Waals surface area contributed by atoms with Crippen LogP contribution >= 0.6 is 20.7 Å². The van der Waals surface area contributed by atoms with Crippen molar-refractivity contribution in [3.8, 4) is 0 Å². The lowest BCUT2D eigenvalue weighted by Gasteiger charge is -1.93. The Morgan fingerprint density at radius 3 is 2.30 bits per heavy atom. The van der Waals surface area contributed by atoms with E-state index >= 15 is 0 Å². The maximum absolute atomic E-state index is 4.61. The Labute approximate surface area is 123 Å². The van der Waals surface area contributed by atoms with Crippen LogP contribution in [0.4, 0.5) is 11.5 Å². The monoisotopic (exact) mass is 300 g/mol. The number of aromatic nitrogens is 2. The van der Waals surface area contributed by atoms with Gasteiger partial charge in [0.05, 0.1) is 5.69 Å². The average Bonchev–Trinajstić information content (AvgIpc) is 2.83. The second-order valence-corrected chi connectivity index (χ2v) is 6.10. The van der Waals surface area contributed by atoms with Gasteiger partial charge in [0.2, 0.25) is 9.60 Å². The fourth-order valence-electron chi connectivity index (χ4n) is 1.59. The van der Waals surface area contributed by atoms with Crippen LogP contribution in [-0.4, -0.2) is 9.55 Å². The van der Waals surface area contributed by atoms with Crippen LogP contribution in [0.2, 0.25) is 0 Å². The first kappa shape index (κ1) is 13.0. The molecule has 6 heteroatoms. The quantitative estimate of drug-likeness (QED) is 0.671. The molecule has 0 fully saturated rings. The molecule has 0 aliphatic carbocycles. The molecule has 0 unspecified atom stereocenters. The fraction of sp³-hybridized carbons (Fsp3) is 0.0714. The van der Waals surface area contributed by atoms with Crippen molar-refractivity contribution in [2.45, 2.75) is 0 Å². The van der Waals surface area contributed by atoms with E-state index in [1.807, 2.05) is 60.1 Å². The van der Waals surface area contributed by atoms with Crippen LogP contribution in [0.1, 0.15) is 0 Å². The highest BCUT2D eigenvalue weighted by Crippen LogP contribution is 2.09. The number of benzene rings is 1. The minimum absolute atomic E-state index is 0.711. The lowest BCUT2D eigenvalue weighted by molar-refractivity contribution is 0.827. The highest BCUT2D eigenvalue weighted by molar-refractivity contribution is 7.67. The SMILES string of the molecule is Cn1c(=Nc2ccccc2)ss/c1=N\c1ccccn1. The highest BCUT2D eigenvalue weighted by Gasteiger charge is 1.97. The van der Waals surface area contributed by atoms with E-state index in [1.165, 1.54) is 0 Å². The van der Waals surface area contributed by atoms with Gasteiger partial charge < -0.3 is 0 Å². The standard InChI is InChI=1S/C14H12N4S2/c1-18-13(16-11-7-3-2-4-8-11)19-20-14(18)17-12-9-5-6-10-15-12/h2-10H,1H3/b16-13?,17-14-. The molecule has 0 saturated carbocycles. The zero-order valence-electron chi connectivity index (χ0n) is 10.8. The van der Waals surface area contributed by atoms with E-state index in [1.54, 1.807) is 26.9 Å². The van der Waals surface area contributed by atoms with Crippen LogP contribution in [0.25, 0.3) is 0 Å². The largest absolute Gasteiger partial charge is 0.295 e. The topological polar surface area (TPSA) is 42.5 Å². The van der Waals surface area contributed by atoms with Crippen molar-refractivity contribution in [1.82, 2.24) is 9.55 Å². The molecule has 100 valence electrons. The highest BCUT2D eigenvalue weighted by atomic mass is 32.9. The van der Waals surface area contributed by atoms with E-state index < -0.39 is 0 Å². The lowest BCUT2D eigenvalue weighted by atomic mass is 10.3. The molecule has 2 aromatic heterocycles. The van der Waals surface area contributed by atoms with Crippen molar-refractivity contribution >= 4 is 32.2 Å². The normalized spacial score (nSPS) is 12.8. The number of nitrogens with zero attached hydrogens (tertiary/aromatic N) is 4. The van der Waals surface area contributed by atoms with Crippen LogP contribution in [0.15, 0.2) is 64.7 Å². The van der Waals surface area contributed by atoms with Gasteiger partial charge in [0, 0.05) is 13.2 Å². The summed E-state index contributed by atoms with van der Waals surface area (Å²) in [7, 11) is 5.17. The molecule has 0 bridgehead atoms. The number of rotatable bonds is 2. The summed E-state index contributed by atoms with van der Waals surface area (Å²) in [5, 5.41) is 0. The first-order valence-corrected chi connectivity index (χ1v) is 8.19. The molecule has 3 aromatic rings. The molecule has 2 heterocycles. The van der Waals surface area contributed by atoms with Crippen molar-refractivity contribution < 1.29 is 0 Å². The van der Waals surface area contributed by atoms with Gasteiger partial charge in [0.1, 0.15) is 0 Å². The Morgan fingerprint density at radius 2 is 1.60 bits per heavy atom. The van der Waals surface area contributed by atoms with Crippen molar-refractivity contribution in [3.63, 3.8) is 0 Å². The molecule has 1 aromatic carbocycles. The summed E-state index contributed by atoms with van der Waals surface area (Å²) in [4.78, 5) is 15.2. The van der Waals surface area contributed by atoms with Crippen LogP contribution in [0.3, 0.4) is 0 Å². The summed E-state index contributed by atoms with van der Waals surface area (Å²) >= 11 is 0. The Bertz CT molecular complexity index is 744. The second kappa shape index (κ2) is 5.94. The van der Waals surface area contributed by atoms with E-state index in [2.05, 4.69) is 15.0 Å². The summed E-state index contributed by atoms with van der Waals surface area (Å²) in [6.45, 7) is 0. The number of hydrogen-bond donors (Lipinski definition) is 0. The van der Waals surface area contributed by atoms with Gasteiger partial charge in [-0.15, -0.1) is 0 Å². The molecule has 3 rings (SSSR count). The van der Waals surface area contributed by atoms with Crippen molar-refractivity contribution in [3.05, 3.63) is 64.3 Å². The Kier molecular flexibility index (Phi) is 3.85. The number of hydrogen-bond acceptors (Lipinski definition) is 5. The zero-order valence-corrected chi connectivity index (χ0v) is 12.4. The van der Waals surface area contributed by atoms with Crippen molar-refractivity contribution in [2.24, 2.45) is 17.0 Å². The summed E-state index contributed by atoms with van der Waals surface area (Å²) in [5.41, 5.74) is 0.946. The predicted molar refractivity (Wildman–Crippen MR) is 82.3 cm³/mol. The summed E-state index contributed by atoms with van der Waals surface area (Å²) in [6, 6.07) is 15.6. The van der Waals surface area contributed by atoms with Crippen LogP contribution < -0.4 is 9.60 Å². The van der Waals surface area contributed by atoms with E-state index in [0.29, 0.717) is 5.82 Å². The maximum atomic E-state index is 4.61. The van der Waals surface area contributed by atoms with Crippen molar-refractivity contribution in [1.29, 1.82) is 0 Å². The van der Waals surface area contributed by atoms with Crippen LogP contribution in [0, 0.1) is 0 Å². The number of para-hydroxylation sites is 1. The fourth-order valence-corrected chi connectivity index (χ4v) is 3.80. The van der Waals surface area contributed by atoms with Gasteiger partial charge in [-0.3, -0.25) is 4.57 Å². The molecule has 0 aliphatic rings. The van der Waals surface area contributed by atoms with Gasteiger partial charge in [0.15, 0.2) is 5.82 Å². The van der Waals surface area contributed by atoms with E-state index in [4.69, 9.17) is 0 Å². The minimum Gasteiger partial charge on any atom is -0.295 e. The van der Waals surface area contributed by atoms with Gasteiger partial charge in [-0.05, 0) is 44.9 Å². The Hall–Kier alpha value is -2.05. The van der Waals surface area contributed by atoms with Gasteiger partial charge >= 0.3 is 0 Å². The molecule has 4 nitrogen and oxygen atoms in total. The molecule has 0 N–H and O–H groups in total. The lowest BCUT2D eigenvalue weighted by Crippen LogP contribution is -2.21. The summed E-state index contributed by atoms with van der Waals surface area (Å²) in [5.74, 6) is 0.711. The third kappa shape index (κ3) is 2.92. The molecule has 0 aliphatic heterocycles. The molecular formula is C14H12N4S2. The molecule has 0 amide bonds. The molecule has 20 heavy (non-hydrogen) atoms. The van der Waals surface area contributed by atoms with Crippen LogP contribution in [0.5, 0.6) is 0 Å². The van der Waals surface area contributed by atoms with E-state index in [0.717, 1.165) is 15.3 Å². The zero-order chi connectivity index (χ0) is 13.8. The molecule has 0 atom stereocenters. The van der Waals surface area contributed by atoms with Gasteiger partial charge in [-0.2, -0.15) is 0 Å². The van der Waals surface area contributed by atoms with E-state index in [-0.39, 0.29) is 0 Å². The molecular weight excluding hydrogens is 288 g/mol. The van der Waals surface area contributed by atoms with E-state index in [9.17, 15) is 0 Å². The third-order valence-electron chi connectivity index (χ3n) is 2.61. The van der Waals surface area contributed by atoms with Crippen LogP contribution in [-0.2, 0) is 7.05 Å². The summed E-state index contributed by atoms with van der Waals surface area (Å²) in [6.07, 6.45) is 1.74. The van der Waals surface area contributed by atoms with Gasteiger partial charge in [0.25, 0.3) is 0 Å². The third-order valence-corrected chi connectivity index (χ3v) is 4.86. The molecule has 0 radical (unpaired) electrons.